The van der Waals surface area contributed by atoms with E-state index in [0.717, 1.165) is 11.0 Å². The molecule has 2 heterocycles. The average Bonchev–Trinajstić information content (AvgIpc) is 2.54. The summed E-state index contributed by atoms with van der Waals surface area (Å²) in [6, 6.07) is 1.85. The molecule has 0 atom stereocenters. The van der Waals surface area contributed by atoms with Crippen LogP contribution >= 0.6 is 0 Å². The molecule has 0 aliphatic carbocycles. The standard InChI is InChI=1S/C6H6N4.C3H8/c7-5-4-1-2-8-6(4)10-3-9-5;1-3-2/h1-3H,(H3,7,8,9,10);3H2,1-2H3. The Morgan fingerprint density at radius 3 is 2.69 bits per heavy atom. The highest BCUT2D eigenvalue weighted by atomic mass is 15.0. The number of anilines is 1. The van der Waals surface area contributed by atoms with E-state index < -0.39 is 0 Å². The highest BCUT2D eigenvalue weighted by Gasteiger charge is 1.97. The van der Waals surface area contributed by atoms with Gasteiger partial charge in [0, 0.05) is 6.20 Å². The molecule has 0 bridgehead atoms. The van der Waals surface area contributed by atoms with E-state index in [2.05, 4.69) is 28.8 Å². The van der Waals surface area contributed by atoms with E-state index in [1.807, 2.05) is 6.07 Å². The Bertz CT molecular complexity index is 366. The van der Waals surface area contributed by atoms with Crippen molar-refractivity contribution in [3.8, 4) is 0 Å². The van der Waals surface area contributed by atoms with Gasteiger partial charge < -0.3 is 10.7 Å². The normalized spacial score (nSPS) is 9.38. The Morgan fingerprint density at radius 2 is 2.08 bits per heavy atom. The van der Waals surface area contributed by atoms with Gasteiger partial charge in [-0.05, 0) is 6.07 Å². The van der Waals surface area contributed by atoms with Crippen LogP contribution in [0.25, 0.3) is 11.0 Å². The first kappa shape index (κ1) is 9.51. The summed E-state index contributed by atoms with van der Waals surface area (Å²) >= 11 is 0. The van der Waals surface area contributed by atoms with Gasteiger partial charge in [0.05, 0.1) is 5.39 Å². The number of nitrogens with zero attached hydrogens (tertiary/aromatic N) is 2. The highest BCUT2D eigenvalue weighted by Crippen LogP contribution is 2.12. The molecule has 0 aromatic carbocycles. The van der Waals surface area contributed by atoms with Crippen LogP contribution in [-0.4, -0.2) is 15.0 Å². The van der Waals surface area contributed by atoms with Gasteiger partial charge in [0.1, 0.15) is 17.8 Å². The Hall–Kier alpha value is -1.58. The maximum absolute atomic E-state index is 5.53. The van der Waals surface area contributed by atoms with Crippen molar-refractivity contribution in [2.75, 3.05) is 5.73 Å². The molecule has 0 saturated carbocycles. The number of fused-ring (bicyclic) bond motifs is 1. The van der Waals surface area contributed by atoms with Gasteiger partial charge in [-0.25, -0.2) is 9.97 Å². The quantitative estimate of drug-likeness (QED) is 0.648. The number of aromatic nitrogens is 3. The minimum Gasteiger partial charge on any atom is -0.383 e. The monoisotopic (exact) mass is 178 g/mol. The number of nitrogens with one attached hydrogen (secondary N) is 1. The first-order valence-corrected chi connectivity index (χ1v) is 4.33. The molecule has 0 amide bonds. The molecule has 0 saturated heterocycles. The molecule has 0 aliphatic rings. The number of H-pyrrole nitrogens is 1. The van der Waals surface area contributed by atoms with Crippen LogP contribution in [0.2, 0.25) is 0 Å². The number of nitrogens with two attached hydrogens (primary N) is 1. The summed E-state index contributed by atoms with van der Waals surface area (Å²) in [4.78, 5) is 10.7. The fraction of sp³-hybridized carbons (Fsp3) is 0.333. The molecule has 4 heteroatoms. The minimum atomic E-state index is 0.520. The molecule has 2 aromatic heterocycles. The van der Waals surface area contributed by atoms with E-state index >= 15 is 0 Å². The lowest BCUT2D eigenvalue weighted by Crippen LogP contribution is -1.90. The first-order valence-electron chi connectivity index (χ1n) is 4.33. The fourth-order valence-electron chi connectivity index (χ4n) is 0.892. The van der Waals surface area contributed by atoms with Crippen LogP contribution in [0.15, 0.2) is 18.6 Å². The number of hydrogen-bond donors (Lipinski definition) is 2. The van der Waals surface area contributed by atoms with Crippen molar-refractivity contribution in [3.05, 3.63) is 18.6 Å². The maximum atomic E-state index is 5.53. The van der Waals surface area contributed by atoms with E-state index in [0.29, 0.717) is 5.82 Å². The molecular weight excluding hydrogens is 164 g/mol. The Morgan fingerprint density at radius 1 is 1.38 bits per heavy atom. The largest absolute Gasteiger partial charge is 0.383 e. The van der Waals surface area contributed by atoms with Crippen LogP contribution in [0.5, 0.6) is 0 Å². The molecule has 13 heavy (non-hydrogen) atoms. The number of rotatable bonds is 0. The van der Waals surface area contributed by atoms with E-state index in [4.69, 9.17) is 5.73 Å². The second kappa shape index (κ2) is 4.45. The lowest BCUT2D eigenvalue weighted by Gasteiger charge is -1.90. The molecule has 0 fully saturated rings. The zero-order valence-corrected chi connectivity index (χ0v) is 7.91. The summed E-state index contributed by atoms with van der Waals surface area (Å²) in [5, 5.41) is 0.877. The lowest BCUT2D eigenvalue weighted by molar-refractivity contribution is 1.09. The number of hydrogen-bond acceptors (Lipinski definition) is 3. The third kappa shape index (κ3) is 2.18. The predicted octanol–water partition coefficient (Wildman–Crippen LogP) is 1.96. The highest BCUT2D eigenvalue weighted by molar-refractivity contribution is 5.85. The molecule has 2 rings (SSSR count). The summed E-state index contributed by atoms with van der Waals surface area (Å²) in [7, 11) is 0. The van der Waals surface area contributed by atoms with Crippen molar-refractivity contribution in [1.82, 2.24) is 15.0 Å². The van der Waals surface area contributed by atoms with Crippen LogP contribution in [0.3, 0.4) is 0 Å². The molecule has 2 aromatic rings. The Balaban J connectivity index is 0.000000251. The summed E-state index contributed by atoms with van der Waals surface area (Å²) in [6.07, 6.45) is 4.48. The second-order valence-corrected chi connectivity index (χ2v) is 2.71. The van der Waals surface area contributed by atoms with Crippen LogP contribution in [0.1, 0.15) is 20.3 Å². The Kier molecular flexibility index (Phi) is 3.25. The van der Waals surface area contributed by atoms with E-state index in [1.54, 1.807) is 6.20 Å². The van der Waals surface area contributed by atoms with Crippen molar-refractivity contribution in [3.63, 3.8) is 0 Å². The molecule has 0 spiro atoms. The number of aromatic amines is 1. The molecule has 0 aliphatic heterocycles. The Labute approximate surface area is 77.2 Å². The SMILES string of the molecule is CCC.Nc1ncnc2[nH]ccc12. The molecule has 4 nitrogen and oxygen atoms in total. The molecule has 70 valence electrons. The van der Waals surface area contributed by atoms with E-state index in [-0.39, 0.29) is 0 Å². The predicted molar refractivity (Wildman–Crippen MR) is 54.3 cm³/mol. The molecule has 0 radical (unpaired) electrons. The van der Waals surface area contributed by atoms with Gasteiger partial charge in [0.2, 0.25) is 0 Å². The third-order valence-electron chi connectivity index (χ3n) is 1.38. The molecule has 3 N–H and O–H groups in total. The average molecular weight is 178 g/mol. The van der Waals surface area contributed by atoms with Gasteiger partial charge in [-0.2, -0.15) is 0 Å². The van der Waals surface area contributed by atoms with Crippen LogP contribution < -0.4 is 5.73 Å². The van der Waals surface area contributed by atoms with Gasteiger partial charge in [0.25, 0.3) is 0 Å². The van der Waals surface area contributed by atoms with E-state index in [9.17, 15) is 0 Å². The lowest BCUT2D eigenvalue weighted by atomic mass is 10.4. The van der Waals surface area contributed by atoms with Crippen molar-refractivity contribution in [1.29, 1.82) is 0 Å². The molecular formula is C9H14N4. The smallest absolute Gasteiger partial charge is 0.142 e. The van der Waals surface area contributed by atoms with Crippen molar-refractivity contribution in [2.24, 2.45) is 0 Å². The second-order valence-electron chi connectivity index (χ2n) is 2.71. The summed E-state index contributed by atoms with van der Waals surface area (Å²) in [5.74, 6) is 0.520. The van der Waals surface area contributed by atoms with Gasteiger partial charge in [-0.15, -0.1) is 0 Å². The van der Waals surface area contributed by atoms with E-state index in [1.165, 1.54) is 12.7 Å². The van der Waals surface area contributed by atoms with Crippen LogP contribution in [0.4, 0.5) is 5.82 Å². The zero-order chi connectivity index (χ0) is 9.68. The van der Waals surface area contributed by atoms with Crippen molar-refractivity contribution < 1.29 is 0 Å². The first-order chi connectivity index (χ1) is 6.29. The maximum Gasteiger partial charge on any atom is 0.142 e. The minimum absolute atomic E-state index is 0.520. The van der Waals surface area contributed by atoms with Gasteiger partial charge in [-0.1, -0.05) is 20.3 Å². The topological polar surface area (TPSA) is 67.6 Å². The summed E-state index contributed by atoms with van der Waals surface area (Å²) < 4.78 is 0. The molecule has 0 unspecified atom stereocenters. The van der Waals surface area contributed by atoms with Gasteiger partial charge >= 0.3 is 0 Å². The fourth-order valence-corrected chi connectivity index (χ4v) is 0.892. The number of nitrogen functional groups attached to an aromatic ring is 1. The van der Waals surface area contributed by atoms with Gasteiger partial charge in [-0.3, -0.25) is 0 Å². The van der Waals surface area contributed by atoms with Crippen molar-refractivity contribution in [2.45, 2.75) is 20.3 Å². The third-order valence-corrected chi connectivity index (χ3v) is 1.38. The van der Waals surface area contributed by atoms with Crippen molar-refractivity contribution >= 4 is 16.9 Å². The van der Waals surface area contributed by atoms with Crippen LogP contribution in [-0.2, 0) is 0 Å². The zero-order valence-electron chi connectivity index (χ0n) is 7.91. The summed E-state index contributed by atoms with van der Waals surface area (Å²) in [6.45, 7) is 4.25. The van der Waals surface area contributed by atoms with Gasteiger partial charge in [0.15, 0.2) is 0 Å². The summed E-state index contributed by atoms with van der Waals surface area (Å²) in [5.41, 5.74) is 6.31. The van der Waals surface area contributed by atoms with Crippen LogP contribution in [0, 0.1) is 0 Å².